The first-order valence-corrected chi connectivity index (χ1v) is 6.35. The van der Waals surface area contributed by atoms with Gasteiger partial charge in [0.1, 0.15) is 0 Å². The molecule has 1 rings (SSSR count). The van der Waals surface area contributed by atoms with Gasteiger partial charge in [0.25, 0.3) is 5.91 Å². The molecule has 6 nitrogen and oxygen atoms in total. The van der Waals surface area contributed by atoms with Gasteiger partial charge in [-0.15, -0.1) is 0 Å². The standard InChI is InChI=1S/C12H19ClN4O2/c1-4-17(8(2)7-19-3)12(18)9-5-10(13)11(16-14)15-6-9/h5-6,8H,4,7,14H2,1-3H3,(H,15,16). The second-order valence-corrected chi connectivity index (χ2v) is 4.50. The smallest absolute Gasteiger partial charge is 0.255 e. The van der Waals surface area contributed by atoms with Gasteiger partial charge in [-0.3, -0.25) is 4.79 Å². The van der Waals surface area contributed by atoms with Crippen molar-refractivity contribution in [2.24, 2.45) is 5.84 Å². The molecule has 0 bridgehead atoms. The van der Waals surface area contributed by atoms with Crippen molar-refractivity contribution in [3.8, 4) is 0 Å². The average Bonchev–Trinajstić information content (AvgIpc) is 2.39. The van der Waals surface area contributed by atoms with Crippen molar-refractivity contribution >= 4 is 23.3 Å². The number of nitrogens with two attached hydrogens (primary N) is 1. The summed E-state index contributed by atoms with van der Waals surface area (Å²) in [7, 11) is 1.61. The molecule has 3 N–H and O–H groups in total. The predicted molar refractivity (Wildman–Crippen MR) is 75.1 cm³/mol. The zero-order valence-electron chi connectivity index (χ0n) is 11.3. The van der Waals surface area contributed by atoms with Crippen LogP contribution in [0.5, 0.6) is 0 Å². The van der Waals surface area contributed by atoms with Crippen LogP contribution in [0.4, 0.5) is 5.82 Å². The minimum absolute atomic E-state index is 0.0198. The lowest BCUT2D eigenvalue weighted by atomic mass is 10.2. The first-order chi connectivity index (χ1) is 9.04. The number of nitrogen functional groups attached to an aromatic ring is 1. The maximum Gasteiger partial charge on any atom is 0.255 e. The van der Waals surface area contributed by atoms with E-state index in [-0.39, 0.29) is 11.9 Å². The summed E-state index contributed by atoms with van der Waals surface area (Å²) in [5.74, 6) is 5.45. The molecule has 0 fully saturated rings. The van der Waals surface area contributed by atoms with Gasteiger partial charge in [0.05, 0.1) is 23.2 Å². The van der Waals surface area contributed by atoms with Crippen LogP contribution in [-0.2, 0) is 4.74 Å². The second kappa shape index (κ2) is 7.28. The Balaban J connectivity index is 2.94. The molecule has 0 radical (unpaired) electrons. The maximum atomic E-state index is 12.4. The molecule has 0 aromatic carbocycles. The largest absolute Gasteiger partial charge is 0.383 e. The van der Waals surface area contributed by atoms with Gasteiger partial charge in [0.15, 0.2) is 5.82 Å². The molecule has 0 spiro atoms. The van der Waals surface area contributed by atoms with Crippen molar-refractivity contribution in [1.29, 1.82) is 0 Å². The molecule has 0 saturated carbocycles. The van der Waals surface area contributed by atoms with Gasteiger partial charge >= 0.3 is 0 Å². The molecule has 0 aliphatic heterocycles. The van der Waals surface area contributed by atoms with Gasteiger partial charge in [-0.25, -0.2) is 10.8 Å². The molecule has 1 heterocycles. The monoisotopic (exact) mass is 286 g/mol. The number of carbonyl (C=O) groups is 1. The number of amides is 1. The Morgan fingerprint density at radius 2 is 2.37 bits per heavy atom. The fraction of sp³-hybridized carbons (Fsp3) is 0.500. The molecule has 0 saturated heterocycles. The zero-order chi connectivity index (χ0) is 14.4. The number of hydrogen-bond acceptors (Lipinski definition) is 5. The van der Waals surface area contributed by atoms with E-state index in [9.17, 15) is 4.79 Å². The van der Waals surface area contributed by atoms with E-state index in [1.807, 2.05) is 13.8 Å². The second-order valence-electron chi connectivity index (χ2n) is 4.09. The fourth-order valence-electron chi connectivity index (χ4n) is 1.81. The fourth-order valence-corrected chi connectivity index (χ4v) is 2.03. The minimum Gasteiger partial charge on any atom is -0.383 e. The quantitative estimate of drug-likeness (QED) is 0.612. The van der Waals surface area contributed by atoms with Crippen molar-refractivity contribution in [3.05, 3.63) is 22.8 Å². The minimum atomic E-state index is -0.134. The van der Waals surface area contributed by atoms with Crippen LogP contribution in [0, 0.1) is 0 Å². The normalized spacial score (nSPS) is 12.1. The van der Waals surface area contributed by atoms with Gasteiger partial charge in [-0.05, 0) is 19.9 Å². The van der Waals surface area contributed by atoms with Crippen LogP contribution in [-0.4, -0.2) is 42.1 Å². The summed E-state index contributed by atoms with van der Waals surface area (Å²) in [6.07, 6.45) is 1.45. The third kappa shape index (κ3) is 3.79. The van der Waals surface area contributed by atoms with E-state index in [4.69, 9.17) is 22.2 Å². The van der Waals surface area contributed by atoms with Crippen LogP contribution in [0.3, 0.4) is 0 Å². The number of pyridine rings is 1. The number of halogens is 1. The summed E-state index contributed by atoms with van der Waals surface area (Å²) in [4.78, 5) is 18.1. The number of hydrogen-bond donors (Lipinski definition) is 2. The van der Waals surface area contributed by atoms with E-state index in [0.717, 1.165) is 0 Å². The van der Waals surface area contributed by atoms with Crippen molar-refractivity contribution < 1.29 is 9.53 Å². The first kappa shape index (κ1) is 15.7. The molecular weight excluding hydrogens is 268 g/mol. The van der Waals surface area contributed by atoms with E-state index >= 15 is 0 Å². The van der Waals surface area contributed by atoms with Crippen molar-refractivity contribution in [2.45, 2.75) is 19.9 Å². The van der Waals surface area contributed by atoms with Gasteiger partial charge in [0.2, 0.25) is 0 Å². The van der Waals surface area contributed by atoms with E-state index in [2.05, 4.69) is 10.4 Å². The molecule has 1 amide bonds. The number of methoxy groups -OCH3 is 1. The van der Waals surface area contributed by atoms with Crippen LogP contribution < -0.4 is 11.3 Å². The molecule has 1 unspecified atom stereocenters. The van der Waals surface area contributed by atoms with E-state index in [1.54, 1.807) is 18.1 Å². The van der Waals surface area contributed by atoms with Crippen LogP contribution in [0.15, 0.2) is 12.3 Å². The molecular formula is C12H19ClN4O2. The third-order valence-electron chi connectivity index (χ3n) is 2.77. The molecule has 19 heavy (non-hydrogen) atoms. The van der Waals surface area contributed by atoms with Crippen molar-refractivity contribution in [2.75, 3.05) is 25.7 Å². The SMILES string of the molecule is CCN(C(=O)c1cnc(NN)c(Cl)c1)C(C)COC. The highest BCUT2D eigenvalue weighted by molar-refractivity contribution is 6.33. The van der Waals surface area contributed by atoms with E-state index in [1.165, 1.54) is 6.20 Å². The van der Waals surface area contributed by atoms with Crippen LogP contribution in [0.2, 0.25) is 5.02 Å². The number of rotatable bonds is 6. The molecule has 0 aliphatic rings. The lowest BCUT2D eigenvalue weighted by molar-refractivity contribution is 0.0579. The third-order valence-corrected chi connectivity index (χ3v) is 3.05. The summed E-state index contributed by atoms with van der Waals surface area (Å²) in [5, 5.41) is 0.309. The lowest BCUT2D eigenvalue weighted by Gasteiger charge is -2.27. The number of nitrogens with one attached hydrogen (secondary N) is 1. The molecule has 7 heteroatoms. The zero-order valence-corrected chi connectivity index (χ0v) is 12.1. The highest BCUT2D eigenvalue weighted by Gasteiger charge is 2.21. The van der Waals surface area contributed by atoms with Crippen LogP contribution in [0.1, 0.15) is 24.2 Å². The number of hydrazine groups is 1. The molecule has 106 valence electrons. The average molecular weight is 287 g/mol. The summed E-state index contributed by atoms with van der Waals surface area (Å²) in [6.45, 7) is 4.89. The van der Waals surface area contributed by atoms with Crippen LogP contribution >= 0.6 is 11.6 Å². The Morgan fingerprint density at radius 1 is 1.68 bits per heavy atom. The summed E-state index contributed by atoms with van der Waals surface area (Å²) < 4.78 is 5.07. The number of aromatic nitrogens is 1. The Hall–Kier alpha value is -1.37. The Kier molecular flexibility index (Phi) is 6.01. The number of ether oxygens (including phenoxy) is 1. The molecule has 1 atom stereocenters. The van der Waals surface area contributed by atoms with Gasteiger partial charge in [-0.2, -0.15) is 0 Å². The number of anilines is 1. The molecule has 1 aromatic rings. The topological polar surface area (TPSA) is 80.5 Å². The maximum absolute atomic E-state index is 12.4. The highest BCUT2D eigenvalue weighted by atomic mass is 35.5. The van der Waals surface area contributed by atoms with Crippen molar-refractivity contribution in [3.63, 3.8) is 0 Å². The summed E-state index contributed by atoms with van der Waals surface area (Å²) >= 11 is 5.96. The Labute approximate surface area is 117 Å². The number of carbonyl (C=O) groups excluding carboxylic acids is 1. The van der Waals surface area contributed by atoms with Gasteiger partial charge in [0, 0.05) is 19.9 Å². The van der Waals surface area contributed by atoms with E-state index < -0.39 is 0 Å². The summed E-state index contributed by atoms with van der Waals surface area (Å²) in [5.41, 5.74) is 2.78. The highest BCUT2D eigenvalue weighted by Crippen LogP contribution is 2.20. The Morgan fingerprint density at radius 3 is 2.84 bits per heavy atom. The predicted octanol–water partition coefficient (Wildman–Crippen LogP) is 1.52. The van der Waals surface area contributed by atoms with Crippen LogP contribution in [0.25, 0.3) is 0 Å². The van der Waals surface area contributed by atoms with Gasteiger partial charge < -0.3 is 15.1 Å². The molecule has 0 aliphatic carbocycles. The Bertz CT molecular complexity index is 442. The summed E-state index contributed by atoms with van der Waals surface area (Å²) in [6, 6.07) is 1.53. The first-order valence-electron chi connectivity index (χ1n) is 5.97. The number of nitrogens with zero attached hydrogens (tertiary/aromatic N) is 2. The van der Waals surface area contributed by atoms with E-state index in [0.29, 0.717) is 29.6 Å². The molecule has 1 aromatic heterocycles. The van der Waals surface area contributed by atoms with Gasteiger partial charge in [-0.1, -0.05) is 11.6 Å². The number of likely N-dealkylation sites (N-methyl/N-ethyl adjacent to an activating group) is 1. The lowest BCUT2D eigenvalue weighted by Crippen LogP contribution is -2.41. The van der Waals surface area contributed by atoms with Crippen molar-refractivity contribution in [1.82, 2.24) is 9.88 Å².